The van der Waals surface area contributed by atoms with Crippen LogP contribution in [0, 0.1) is 0 Å². The van der Waals surface area contributed by atoms with Gasteiger partial charge in [-0.2, -0.15) is 0 Å². The van der Waals surface area contributed by atoms with Crippen molar-refractivity contribution >= 4 is 5.97 Å². The second-order valence-corrected chi connectivity index (χ2v) is 6.17. The third-order valence-corrected chi connectivity index (χ3v) is 4.71. The predicted octanol–water partition coefficient (Wildman–Crippen LogP) is 4.06. The van der Waals surface area contributed by atoms with E-state index in [9.17, 15) is 15.0 Å². The molecule has 26 heavy (non-hydrogen) atoms. The summed E-state index contributed by atoms with van der Waals surface area (Å²) in [5.41, 5.74) is 1.18. The number of benzene rings is 2. The molecule has 2 aromatic rings. The Labute approximate surface area is 150 Å². The van der Waals surface area contributed by atoms with Gasteiger partial charge in [0, 0.05) is 23.3 Å². The van der Waals surface area contributed by atoms with Crippen molar-refractivity contribution in [1.29, 1.82) is 0 Å². The van der Waals surface area contributed by atoms with Crippen molar-refractivity contribution in [1.82, 2.24) is 0 Å². The Morgan fingerprint density at radius 2 is 1.62 bits per heavy atom. The lowest BCUT2D eigenvalue weighted by molar-refractivity contribution is -0.144. The summed E-state index contributed by atoms with van der Waals surface area (Å²) in [4.78, 5) is 12.6. The summed E-state index contributed by atoms with van der Waals surface area (Å²) in [5, 5.41) is 19.7. The van der Waals surface area contributed by atoms with Crippen molar-refractivity contribution in [3.63, 3.8) is 0 Å². The van der Waals surface area contributed by atoms with Crippen LogP contribution in [-0.2, 0) is 15.1 Å². The molecule has 2 heterocycles. The van der Waals surface area contributed by atoms with Crippen LogP contribution in [0.3, 0.4) is 0 Å². The number of fused-ring (bicyclic) bond motifs is 4. The maximum Gasteiger partial charge on any atom is 0.339 e. The van der Waals surface area contributed by atoms with E-state index in [1.54, 1.807) is 30.4 Å². The van der Waals surface area contributed by atoms with Gasteiger partial charge in [0.05, 0.1) is 5.57 Å². The Hall–Kier alpha value is -3.47. The highest BCUT2D eigenvalue weighted by Gasteiger charge is 2.52. The summed E-state index contributed by atoms with van der Waals surface area (Å²) in [7, 11) is 0. The molecule has 2 aliphatic heterocycles. The minimum absolute atomic E-state index is 0.0280. The van der Waals surface area contributed by atoms with E-state index in [-0.39, 0.29) is 11.5 Å². The van der Waals surface area contributed by atoms with E-state index >= 15 is 0 Å². The highest BCUT2D eigenvalue weighted by atomic mass is 16.6. The molecule has 1 spiro atoms. The van der Waals surface area contributed by atoms with Crippen LogP contribution in [0.1, 0.15) is 18.1 Å². The van der Waals surface area contributed by atoms with Gasteiger partial charge in [-0.05, 0) is 42.8 Å². The molecule has 4 rings (SSSR count). The number of allylic oxidation sites excluding steroid dienone is 2. The van der Waals surface area contributed by atoms with E-state index in [1.165, 1.54) is 24.3 Å². The largest absolute Gasteiger partial charge is 0.508 e. The number of hydrogen-bond donors (Lipinski definition) is 2. The molecule has 0 unspecified atom stereocenters. The SMILES string of the molecule is C=C/C=C\C1=C(C)C2(OC1=O)c1ccc(O)cc1Oc1cc(O)ccc12. The summed E-state index contributed by atoms with van der Waals surface area (Å²) in [5.74, 6) is 0.328. The van der Waals surface area contributed by atoms with Crippen molar-refractivity contribution in [2.45, 2.75) is 12.5 Å². The van der Waals surface area contributed by atoms with Crippen molar-refractivity contribution < 1.29 is 24.5 Å². The molecule has 0 saturated heterocycles. The summed E-state index contributed by atoms with van der Waals surface area (Å²) >= 11 is 0. The van der Waals surface area contributed by atoms with E-state index < -0.39 is 11.6 Å². The molecule has 0 fully saturated rings. The van der Waals surface area contributed by atoms with Crippen LogP contribution >= 0.6 is 0 Å². The van der Waals surface area contributed by atoms with E-state index in [1.807, 2.05) is 6.92 Å². The summed E-state index contributed by atoms with van der Waals surface area (Å²) in [6.45, 7) is 5.46. The molecule has 2 aliphatic rings. The van der Waals surface area contributed by atoms with Crippen molar-refractivity contribution in [2.75, 3.05) is 0 Å². The van der Waals surface area contributed by atoms with E-state index in [0.717, 1.165) is 0 Å². The zero-order valence-electron chi connectivity index (χ0n) is 14.0. The molecule has 0 radical (unpaired) electrons. The molecular formula is C21H16O5. The zero-order chi connectivity index (χ0) is 18.5. The van der Waals surface area contributed by atoms with E-state index in [0.29, 0.717) is 33.8 Å². The van der Waals surface area contributed by atoms with Crippen LogP contribution < -0.4 is 4.74 Å². The molecule has 0 saturated carbocycles. The molecule has 0 atom stereocenters. The fraction of sp³-hybridized carbons (Fsp3) is 0.0952. The fourth-order valence-corrected chi connectivity index (χ4v) is 3.52. The maximum atomic E-state index is 12.6. The van der Waals surface area contributed by atoms with Crippen molar-refractivity contribution in [3.8, 4) is 23.0 Å². The first kappa shape index (κ1) is 16.0. The average molecular weight is 348 g/mol. The topological polar surface area (TPSA) is 76.0 Å². The van der Waals surface area contributed by atoms with Gasteiger partial charge >= 0.3 is 5.97 Å². The molecule has 2 aromatic carbocycles. The highest BCUT2D eigenvalue weighted by molar-refractivity contribution is 5.97. The van der Waals surface area contributed by atoms with Crippen LogP contribution in [0.4, 0.5) is 0 Å². The molecular weight excluding hydrogens is 332 g/mol. The summed E-state index contributed by atoms with van der Waals surface area (Å²) < 4.78 is 11.8. The number of carbonyl (C=O) groups excluding carboxylic acids is 1. The van der Waals surface area contributed by atoms with Crippen molar-refractivity contribution in [3.05, 3.63) is 83.5 Å². The van der Waals surface area contributed by atoms with Gasteiger partial charge < -0.3 is 19.7 Å². The second-order valence-electron chi connectivity index (χ2n) is 6.17. The molecule has 0 aliphatic carbocycles. The average Bonchev–Trinajstić information content (AvgIpc) is 2.84. The first-order valence-corrected chi connectivity index (χ1v) is 8.06. The number of ether oxygens (including phenoxy) is 2. The number of hydrogen-bond acceptors (Lipinski definition) is 5. The first-order chi connectivity index (χ1) is 12.5. The second kappa shape index (κ2) is 5.52. The lowest BCUT2D eigenvalue weighted by Crippen LogP contribution is -2.33. The number of phenolic OH excluding ortho intramolecular Hbond substituents is 2. The van der Waals surface area contributed by atoms with E-state index in [2.05, 4.69) is 6.58 Å². The monoisotopic (exact) mass is 348 g/mol. The third-order valence-electron chi connectivity index (χ3n) is 4.71. The number of rotatable bonds is 2. The standard InChI is InChI=1S/C21H16O5/c1-3-4-5-15-12(2)21(26-20(15)24)16-8-6-13(22)10-18(16)25-19-11-14(23)7-9-17(19)21/h3-11,22-23H,1H2,2H3/b5-4-. The van der Waals surface area contributed by atoms with Crippen LogP contribution in [0.25, 0.3) is 0 Å². The smallest absolute Gasteiger partial charge is 0.339 e. The maximum absolute atomic E-state index is 12.6. The minimum atomic E-state index is -1.18. The molecule has 5 heteroatoms. The van der Waals surface area contributed by atoms with Crippen LogP contribution in [-0.4, -0.2) is 16.2 Å². The lowest BCUT2D eigenvalue weighted by Gasteiger charge is -2.37. The van der Waals surface area contributed by atoms with Gasteiger partial charge in [0.25, 0.3) is 0 Å². The molecule has 0 aromatic heterocycles. The molecule has 0 amide bonds. The quantitative estimate of drug-likeness (QED) is 0.632. The Morgan fingerprint density at radius 3 is 2.15 bits per heavy atom. The molecule has 5 nitrogen and oxygen atoms in total. The van der Waals surface area contributed by atoms with Gasteiger partial charge in [-0.3, -0.25) is 0 Å². The minimum Gasteiger partial charge on any atom is -0.508 e. The Kier molecular flexibility index (Phi) is 3.40. The highest BCUT2D eigenvalue weighted by Crippen LogP contribution is 2.56. The van der Waals surface area contributed by atoms with Gasteiger partial charge in [-0.25, -0.2) is 4.79 Å². The van der Waals surface area contributed by atoms with E-state index in [4.69, 9.17) is 9.47 Å². The summed E-state index contributed by atoms with van der Waals surface area (Å²) in [6, 6.07) is 9.32. The van der Waals surface area contributed by atoms with Crippen LogP contribution in [0.15, 0.2) is 72.4 Å². The zero-order valence-corrected chi connectivity index (χ0v) is 14.0. The van der Waals surface area contributed by atoms with Gasteiger partial charge in [0.15, 0.2) is 5.60 Å². The number of esters is 1. The third kappa shape index (κ3) is 2.07. The van der Waals surface area contributed by atoms with Gasteiger partial charge in [-0.1, -0.05) is 18.7 Å². The van der Waals surface area contributed by atoms with Gasteiger partial charge in [0.2, 0.25) is 0 Å². The Bertz CT molecular complexity index is 962. The number of carbonyl (C=O) groups is 1. The molecule has 0 bridgehead atoms. The molecule has 130 valence electrons. The van der Waals surface area contributed by atoms with Crippen LogP contribution in [0.2, 0.25) is 0 Å². The number of aromatic hydroxyl groups is 2. The molecule has 2 N–H and O–H groups in total. The van der Waals surface area contributed by atoms with Gasteiger partial charge in [0.1, 0.15) is 23.0 Å². The number of phenols is 2. The predicted molar refractivity (Wildman–Crippen MR) is 95.2 cm³/mol. The summed E-state index contributed by atoms with van der Waals surface area (Å²) in [6.07, 6.45) is 4.92. The Balaban J connectivity index is 2.05. The fourth-order valence-electron chi connectivity index (χ4n) is 3.52. The van der Waals surface area contributed by atoms with Crippen LogP contribution in [0.5, 0.6) is 23.0 Å². The lowest BCUT2D eigenvalue weighted by atomic mass is 9.77. The van der Waals surface area contributed by atoms with Crippen molar-refractivity contribution in [2.24, 2.45) is 0 Å². The first-order valence-electron chi connectivity index (χ1n) is 8.06. The Morgan fingerprint density at radius 1 is 1.04 bits per heavy atom. The normalized spacial score (nSPS) is 17.0. The van der Waals surface area contributed by atoms with Gasteiger partial charge in [-0.15, -0.1) is 0 Å².